The fraction of sp³-hybridized carbons (Fsp3) is 1.00. The monoisotopic (exact) mass is 485 g/mol. The molecule has 0 spiro atoms. The van der Waals surface area contributed by atoms with Crippen molar-refractivity contribution in [2.24, 2.45) is 17.8 Å². The minimum absolute atomic E-state index is 0.308. The molecular weight excluding hydrogens is 422 g/mol. The highest BCUT2D eigenvalue weighted by Gasteiger charge is 2.17. The van der Waals surface area contributed by atoms with Crippen molar-refractivity contribution >= 4 is 0 Å². The molecule has 4 heteroatoms. The Morgan fingerprint density at radius 3 is 0.941 bits per heavy atom. The van der Waals surface area contributed by atoms with E-state index in [0.29, 0.717) is 37.6 Å². The fourth-order valence-electron chi connectivity index (χ4n) is 5.33. The molecule has 0 aromatic heterocycles. The van der Waals surface area contributed by atoms with E-state index in [4.69, 9.17) is 0 Å². The molecular formula is C30H63NO3. The summed E-state index contributed by atoms with van der Waals surface area (Å²) in [7, 11) is 0. The van der Waals surface area contributed by atoms with Crippen molar-refractivity contribution in [1.82, 2.24) is 4.90 Å². The summed E-state index contributed by atoms with van der Waals surface area (Å²) >= 11 is 0. The average Bonchev–Trinajstić information content (AvgIpc) is 2.83. The van der Waals surface area contributed by atoms with Gasteiger partial charge < -0.3 is 20.2 Å². The molecule has 0 bridgehead atoms. The van der Waals surface area contributed by atoms with E-state index >= 15 is 0 Å². The predicted octanol–water partition coefficient (Wildman–Crippen LogP) is 7.20. The van der Waals surface area contributed by atoms with E-state index in [1.54, 1.807) is 0 Å². The Kier molecular flexibility index (Phi) is 25.8. The third kappa shape index (κ3) is 20.1. The normalized spacial score (nSPS) is 14.6. The maximum Gasteiger partial charge on any atom is 0.0433 e. The van der Waals surface area contributed by atoms with Gasteiger partial charge in [0.15, 0.2) is 0 Å². The van der Waals surface area contributed by atoms with Crippen molar-refractivity contribution < 1.29 is 15.3 Å². The van der Waals surface area contributed by atoms with Crippen molar-refractivity contribution in [1.29, 1.82) is 0 Å². The zero-order chi connectivity index (χ0) is 25.3. The van der Waals surface area contributed by atoms with Crippen LogP contribution in [-0.2, 0) is 0 Å². The van der Waals surface area contributed by atoms with Crippen LogP contribution in [0.2, 0.25) is 0 Å². The van der Waals surface area contributed by atoms with Crippen molar-refractivity contribution in [3.63, 3.8) is 0 Å². The number of aliphatic hydroxyl groups excluding tert-OH is 3. The molecule has 0 fully saturated rings. The summed E-state index contributed by atoms with van der Waals surface area (Å²) in [6.07, 6.45) is 21.6. The summed E-state index contributed by atoms with van der Waals surface area (Å²) in [5.41, 5.74) is 0. The minimum Gasteiger partial charge on any atom is -0.396 e. The minimum atomic E-state index is 0.308. The first-order valence-electron chi connectivity index (χ1n) is 15.2. The van der Waals surface area contributed by atoms with E-state index in [1.807, 2.05) is 0 Å². The number of rotatable bonds is 27. The maximum atomic E-state index is 9.57. The van der Waals surface area contributed by atoms with Gasteiger partial charge in [0.1, 0.15) is 0 Å². The molecule has 0 aliphatic heterocycles. The van der Waals surface area contributed by atoms with E-state index in [2.05, 4.69) is 25.7 Å². The summed E-state index contributed by atoms with van der Waals surface area (Å²) in [5, 5.41) is 28.7. The van der Waals surface area contributed by atoms with Crippen LogP contribution in [0, 0.1) is 17.8 Å². The lowest BCUT2D eigenvalue weighted by Gasteiger charge is -2.29. The molecule has 0 rings (SSSR count). The van der Waals surface area contributed by atoms with Gasteiger partial charge in [-0.2, -0.15) is 0 Å². The highest BCUT2D eigenvalue weighted by Crippen LogP contribution is 2.23. The Morgan fingerprint density at radius 2 is 0.706 bits per heavy atom. The second-order valence-electron chi connectivity index (χ2n) is 10.8. The first-order valence-corrected chi connectivity index (χ1v) is 15.2. The lowest BCUT2D eigenvalue weighted by molar-refractivity contribution is 0.176. The highest BCUT2D eigenvalue weighted by molar-refractivity contribution is 4.70. The van der Waals surface area contributed by atoms with Gasteiger partial charge in [-0.15, -0.1) is 0 Å². The number of hydrogen-bond acceptors (Lipinski definition) is 4. The van der Waals surface area contributed by atoms with E-state index < -0.39 is 0 Å². The number of unbranched alkanes of at least 4 members (excludes halogenated alkanes) is 6. The molecule has 4 nitrogen and oxygen atoms in total. The van der Waals surface area contributed by atoms with Crippen molar-refractivity contribution in [2.45, 2.75) is 136 Å². The topological polar surface area (TPSA) is 63.9 Å². The molecule has 0 amide bonds. The Bertz CT molecular complexity index is 336. The molecule has 0 saturated heterocycles. The fourth-order valence-corrected chi connectivity index (χ4v) is 5.33. The summed E-state index contributed by atoms with van der Waals surface area (Å²) in [6.45, 7) is 11.1. The second-order valence-corrected chi connectivity index (χ2v) is 10.8. The van der Waals surface area contributed by atoms with Gasteiger partial charge in [0, 0.05) is 19.8 Å². The number of hydrogen-bond donors (Lipinski definition) is 3. The molecule has 3 N–H and O–H groups in total. The summed E-state index contributed by atoms with van der Waals surface area (Å²) in [4.78, 5) is 2.68. The van der Waals surface area contributed by atoms with Crippen LogP contribution in [0.15, 0.2) is 0 Å². The Balaban J connectivity index is 4.93. The van der Waals surface area contributed by atoms with E-state index in [-0.39, 0.29) is 0 Å². The molecule has 0 aromatic carbocycles. The third-order valence-corrected chi connectivity index (χ3v) is 7.82. The van der Waals surface area contributed by atoms with E-state index in [1.165, 1.54) is 96.3 Å². The van der Waals surface area contributed by atoms with Crippen molar-refractivity contribution in [2.75, 3.05) is 39.5 Å². The zero-order valence-corrected chi connectivity index (χ0v) is 23.5. The molecule has 206 valence electrons. The molecule has 0 saturated carbocycles. The molecule has 0 aliphatic carbocycles. The number of aliphatic hydroxyl groups is 3. The Labute approximate surface area is 213 Å². The van der Waals surface area contributed by atoms with E-state index in [9.17, 15) is 15.3 Å². The van der Waals surface area contributed by atoms with Crippen molar-refractivity contribution in [3.8, 4) is 0 Å². The van der Waals surface area contributed by atoms with Crippen LogP contribution in [0.25, 0.3) is 0 Å². The maximum absolute atomic E-state index is 9.57. The van der Waals surface area contributed by atoms with Crippen LogP contribution < -0.4 is 0 Å². The van der Waals surface area contributed by atoms with Gasteiger partial charge in [-0.25, -0.2) is 0 Å². The Morgan fingerprint density at radius 1 is 0.412 bits per heavy atom. The summed E-state index contributed by atoms with van der Waals surface area (Å²) in [5.74, 6) is 1.90. The van der Waals surface area contributed by atoms with Crippen LogP contribution in [0.4, 0.5) is 0 Å². The first-order chi connectivity index (χ1) is 16.6. The molecule has 34 heavy (non-hydrogen) atoms. The van der Waals surface area contributed by atoms with Gasteiger partial charge in [0.2, 0.25) is 0 Å². The number of nitrogens with zero attached hydrogens (tertiary/aromatic N) is 1. The van der Waals surface area contributed by atoms with Gasteiger partial charge in [0.25, 0.3) is 0 Å². The largest absolute Gasteiger partial charge is 0.396 e. The average molecular weight is 486 g/mol. The van der Waals surface area contributed by atoms with Gasteiger partial charge in [0.05, 0.1) is 0 Å². The molecule has 0 aliphatic rings. The SMILES string of the molecule is CCCCCC(CCO)CCN(CCC(CCO)CCCCC)CCC(CCO)CCCCC. The van der Waals surface area contributed by atoms with Gasteiger partial charge in [-0.1, -0.05) is 97.8 Å². The lowest BCUT2D eigenvalue weighted by atomic mass is 9.92. The van der Waals surface area contributed by atoms with Crippen LogP contribution in [-0.4, -0.2) is 59.7 Å². The molecule has 0 heterocycles. The summed E-state index contributed by atoms with van der Waals surface area (Å²) < 4.78 is 0. The van der Waals surface area contributed by atoms with E-state index in [0.717, 1.165) is 38.9 Å². The summed E-state index contributed by atoms with van der Waals surface area (Å²) in [6, 6.07) is 0. The van der Waals surface area contributed by atoms with Gasteiger partial charge >= 0.3 is 0 Å². The standard InChI is InChI=1S/C30H63NO3/c1-4-7-10-13-28(19-25-32)16-22-31(23-17-29(20-26-33)14-11-8-5-2)24-18-30(21-27-34)15-12-9-6-3/h28-30,32-34H,4-27H2,1-3H3. The molecule has 0 radical (unpaired) electrons. The molecule has 3 atom stereocenters. The van der Waals surface area contributed by atoms with Crippen molar-refractivity contribution in [3.05, 3.63) is 0 Å². The van der Waals surface area contributed by atoms with Crippen LogP contribution in [0.5, 0.6) is 0 Å². The predicted molar refractivity (Wildman–Crippen MR) is 148 cm³/mol. The smallest absolute Gasteiger partial charge is 0.0433 e. The first kappa shape index (κ1) is 33.8. The highest BCUT2D eigenvalue weighted by atomic mass is 16.3. The van der Waals surface area contributed by atoms with Gasteiger partial charge in [-0.05, 0) is 75.9 Å². The zero-order valence-electron chi connectivity index (χ0n) is 23.5. The van der Waals surface area contributed by atoms with Crippen LogP contribution >= 0.6 is 0 Å². The molecule has 3 unspecified atom stereocenters. The Hall–Kier alpha value is -0.160. The van der Waals surface area contributed by atoms with Crippen LogP contribution in [0.1, 0.15) is 136 Å². The van der Waals surface area contributed by atoms with Gasteiger partial charge in [-0.3, -0.25) is 0 Å². The molecule has 0 aromatic rings. The quantitative estimate of drug-likeness (QED) is 0.108. The van der Waals surface area contributed by atoms with Crippen LogP contribution in [0.3, 0.4) is 0 Å². The third-order valence-electron chi connectivity index (χ3n) is 7.82. The second kappa shape index (κ2) is 25.9. The lowest BCUT2D eigenvalue weighted by Crippen LogP contribution is -2.31.